The van der Waals surface area contributed by atoms with E-state index in [9.17, 15) is 0 Å². The minimum Gasteiger partial charge on any atom is -0.344 e. The zero-order chi connectivity index (χ0) is 12.0. The first-order chi connectivity index (χ1) is 8.16. The van der Waals surface area contributed by atoms with Gasteiger partial charge in [0.25, 0.3) is 0 Å². The predicted molar refractivity (Wildman–Crippen MR) is 72.6 cm³/mol. The van der Waals surface area contributed by atoms with Gasteiger partial charge in [-0.05, 0) is 49.9 Å². The first-order valence-electron chi connectivity index (χ1n) is 6.22. The SMILES string of the molecule is CC(N)Cc1c2n(c3ccc(Cl)cc13)CCC2. The van der Waals surface area contributed by atoms with Gasteiger partial charge in [-0.2, -0.15) is 0 Å². The molecule has 1 aromatic heterocycles. The molecule has 1 atom stereocenters. The molecule has 17 heavy (non-hydrogen) atoms. The maximum Gasteiger partial charge on any atom is 0.0486 e. The van der Waals surface area contributed by atoms with E-state index in [4.69, 9.17) is 17.3 Å². The molecule has 2 N–H and O–H groups in total. The Morgan fingerprint density at radius 2 is 2.29 bits per heavy atom. The number of aromatic nitrogens is 1. The van der Waals surface area contributed by atoms with Gasteiger partial charge in [-0.25, -0.2) is 0 Å². The van der Waals surface area contributed by atoms with E-state index in [-0.39, 0.29) is 6.04 Å². The van der Waals surface area contributed by atoms with Crippen LogP contribution in [-0.2, 0) is 19.4 Å². The van der Waals surface area contributed by atoms with E-state index < -0.39 is 0 Å². The number of hydrogen-bond acceptors (Lipinski definition) is 1. The first kappa shape index (κ1) is 11.1. The second kappa shape index (κ2) is 4.04. The lowest BCUT2D eigenvalue weighted by Gasteiger charge is -2.06. The van der Waals surface area contributed by atoms with Crippen LogP contribution in [0.1, 0.15) is 24.6 Å². The van der Waals surface area contributed by atoms with E-state index in [0.29, 0.717) is 0 Å². The van der Waals surface area contributed by atoms with Crippen LogP contribution >= 0.6 is 11.6 Å². The number of hydrogen-bond donors (Lipinski definition) is 1. The molecule has 3 heteroatoms. The van der Waals surface area contributed by atoms with Crippen molar-refractivity contribution in [2.45, 2.75) is 38.8 Å². The molecule has 0 saturated carbocycles. The van der Waals surface area contributed by atoms with Crippen molar-refractivity contribution in [1.29, 1.82) is 0 Å². The Kier molecular flexibility index (Phi) is 2.64. The summed E-state index contributed by atoms with van der Waals surface area (Å²) in [6, 6.07) is 6.40. The Morgan fingerprint density at radius 1 is 1.47 bits per heavy atom. The Balaban J connectivity index is 2.26. The first-order valence-corrected chi connectivity index (χ1v) is 6.59. The lowest BCUT2D eigenvalue weighted by Crippen LogP contribution is -2.18. The summed E-state index contributed by atoms with van der Waals surface area (Å²) in [4.78, 5) is 0. The van der Waals surface area contributed by atoms with Gasteiger partial charge in [-0.15, -0.1) is 0 Å². The summed E-state index contributed by atoms with van der Waals surface area (Å²) in [6.07, 6.45) is 3.37. The van der Waals surface area contributed by atoms with E-state index in [0.717, 1.165) is 18.0 Å². The van der Waals surface area contributed by atoms with Crippen LogP contribution in [0.15, 0.2) is 18.2 Å². The summed E-state index contributed by atoms with van der Waals surface area (Å²) in [7, 11) is 0. The van der Waals surface area contributed by atoms with E-state index in [1.165, 1.54) is 35.0 Å². The summed E-state index contributed by atoms with van der Waals surface area (Å²) < 4.78 is 2.43. The van der Waals surface area contributed by atoms with E-state index in [2.05, 4.69) is 23.6 Å². The number of nitrogens with zero attached hydrogens (tertiary/aromatic N) is 1. The van der Waals surface area contributed by atoms with Crippen LogP contribution in [-0.4, -0.2) is 10.6 Å². The lowest BCUT2D eigenvalue weighted by molar-refractivity contribution is 0.733. The standard InChI is InChI=1S/C14H17ClN2/c1-9(16)7-11-12-8-10(15)4-5-14(12)17-6-2-3-13(11)17/h4-5,8-9H,2-3,6-7,16H2,1H3. The Morgan fingerprint density at radius 3 is 3.06 bits per heavy atom. The highest BCUT2D eigenvalue weighted by molar-refractivity contribution is 6.31. The van der Waals surface area contributed by atoms with E-state index in [1.807, 2.05) is 6.07 Å². The fourth-order valence-electron chi connectivity index (χ4n) is 2.94. The second-order valence-corrected chi connectivity index (χ2v) is 5.46. The Bertz CT molecular complexity index is 569. The molecule has 0 spiro atoms. The molecule has 2 nitrogen and oxygen atoms in total. The van der Waals surface area contributed by atoms with Gasteiger partial charge in [0.2, 0.25) is 0 Å². The minimum atomic E-state index is 0.199. The van der Waals surface area contributed by atoms with Crippen LogP contribution in [0.3, 0.4) is 0 Å². The van der Waals surface area contributed by atoms with Gasteiger partial charge < -0.3 is 10.3 Å². The molecular formula is C14H17ClN2. The average Bonchev–Trinajstić information content (AvgIpc) is 2.82. The number of rotatable bonds is 2. The molecule has 90 valence electrons. The molecule has 0 fully saturated rings. The van der Waals surface area contributed by atoms with Crippen LogP contribution in [0.2, 0.25) is 5.02 Å². The highest BCUT2D eigenvalue weighted by Crippen LogP contribution is 2.33. The van der Waals surface area contributed by atoms with Crippen molar-refractivity contribution in [3.63, 3.8) is 0 Å². The number of aryl methyl sites for hydroxylation is 1. The Labute approximate surface area is 106 Å². The van der Waals surface area contributed by atoms with Crippen LogP contribution in [0.4, 0.5) is 0 Å². The van der Waals surface area contributed by atoms with Crippen LogP contribution < -0.4 is 5.73 Å². The molecule has 0 aliphatic carbocycles. The van der Waals surface area contributed by atoms with Crippen molar-refractivity contribution >= 4 is 22.5 Å². The highest BCUT2D eigenvalue weighted by atomic mass is 35.5. The summed E-state index contributed by atoms with van der Waals surface area (Å²) in [5.41, 5.74) is 10.2. The third-order valence-electron chi connectivity index (χ3n) is 3.57. The summed E-state index contributed by atoms with van der Waals surface area (Å²) in [6.45, 7) is 3.20. The third kappa shape index (κ3) is 1.76. The van der Waals surface area contributed by atoms with Crippen LogP contribution in [0.5, 0.6) is 0 Å². The fourth-order valence-corrected chi connectivity index (χ4v) is 3.12. The molecule has 1 aromatic carbocycles. The third-order valence-corrected chi connectivity index (χ3v) is 3.81. The maximum absolute atomic E-state index is 6.11. The van der Waals surface area contributed by atoms with Gasteiger partial charge in [-0.3, -0.25) is 0 Å². The summed E-state index contributed by atoms with van der Waals surface area (Å²) >= 11 is 6.11. The number of fused-ring (bicyclic) bond motifs is 3. The normalized spacial score (nSPS) is 16.4. The topological polar surface area (TPSA) is 30.9 Å². The molecule has 1 aliphatic heterocycles. The smallest absolute Gasteiger partial charge is 0.0486 e. The molecule has 2 heterocycles. The molecule has 0 bridgehead atoms. The molecule has 1 unspecified atom stereocenters. The largest absolute Gasteiger partial charge is 0.344 e. The second-order valence-electron chi connectivity index (χ2n) is 5.02. The zero-order valence-electron chi connectivity index (χ0n) is 10.0. The van der Waals surface area contributed by atoms with E-state index >= 15 is 0 Å². The van der Waals surface area contributed by atoms with Gasteiger partial charge in [0.05, 0.1) is 0 Å². The molecule has 3 rings (SSSR count). The average molecular weight is 249 g/mol. The van der Waals surface area contributed by atoms with Crippen molar-refractivity contribution in [2.75, 3.05) is 0 Å². The lowest BCUT2D eigenvalue weighted by atomic mass is 10.0. The van der Waals surface area contributed by atoms with Crippen molar-refractivity contribution in [1.82, 2.24) is 4.57 Å². The molecule has 2 aromatic rings. The van der Waals surface area contributed by atoms with Gasteiger partial charge in [0, 0.05) is 34.2 Å². The van der Waals surface area contributed by atoms with Crippen molar-refractivity contribution in [2.24, 2.45) is 5.73 Å². The molecule has 0 amide bonds. The quantitative estimate of drug-likeness (QED) is 0.870. The minimum absolute atomic E-state index is 0.199. The van der Waals surface area contributed by atoms with Gasteiger partial charge in [-0.1, -0.05) is 11.6 Å². The number of halogens is 1. The van der Waals surface area contributed by atoms with Crippen LogP contribution in [0.25, 0.3) is 10.9 Å². The molecule has 1 aliphatic rings. The zero-order valence-corrected chi connectivity index (χ0v) is 10.8. The fraction of sp³-hybridized carbons (Fsp3) is 0.429. The maximum atomic E-state index is 6.11. The highest BCUT2D eigenvalue weighted by Gasteiger charge is 2.21. The van der Waals surface area contributed by atoms with Crippen molar-refractivity contribution in [3.8, 4) is 0 Å². The molecular weight excluding hydrogens is 232 g/mol. The van der Waals surface area contributed by atoms with Crippen LogP contribution in [0, 0.1) is 0 Å². The van der Waals surface area contributed by atoms with E-state index in [1.54, 1.807) is 0 Å². The van der Waals surface area contributed by atoms with Gasteiger partial charge >= 0.3 is 0 Å². The molecule has 0 saturated heterocycles. The van der Waals surface area contributed by atoms with Crippen molar-refractivity contribution < 1.29 is 0 Å². The number of benzene rings is 1. The monoisotopic (exact) mass is 248 g/mol. The van der Waals surface area contributed by atoms with Gasteiger partial charge in [0.15, 0.2) is 0 Å². The summed E-state index contributed by atoms with van der Waals surface area (Å²) in [5.74, 6) is 0. The Hall–Kier alpha value is -0.990. The van der Waals surface area contributed by atoms with Crippen molar-refractivity contribution in [3.05, 3.63) is 34.5 Å². The van der Waals surface area contributed by atoms with Gasteiger partial charge in [0.1, 0.15) is 0 Å². The molecule has 0 radical (unpaired) electrons. The number of nitrogens with two attached hydrogens (primary N) is 1. The predicted octanol–water partition coefficient (Wildman–Crippen LogP) is 3.13. The summed E-state index contributed by atoms with van der Waals surface area (Å²) in [5, 5.41) is 2.11.